The number of allylic oxidation sites excluding steroid dienone is 2. The van der Waals surface area contributed by atoms with Crippen LogP contribution in [-0.4, -0.2) is 23.4 Å². The number of ether oxygens (including phenoxy) is 2. The first-order valence-electron chi connectivity index (χ1n) is 7.01. The Labute approximate surface area is 121 Å². The van der Waals surface area contributed by atoms with Gasteiger partial charge in [-0.25, -0.2) is 4.79 Å². The number of carbonyl (C=O) groups excluding carboxylic acids is 1. The van der Waals surface area contributed by atoms with Gasteiger partial charge in [0, 0.05) is 0 Å². The Morgan fingerprint density at radius 2 is 1.85 bits per heavy atom. The highest BCUT2D eigenvalue weighted by Gasteiger charge is 2.36. The molecule has 0 radical (unpaired) electrons. The minimum absolute atomic E-state index is 0.0962. The average Bonchev–Trinajstić information content (AvgIpc) is 2.28. The fraction of sp³-hybridized carbons (Fsp3) is 0.800. The van der Waals surface area contributed by atoms with Crippen molar-refractivity contribution in [1.29, 1.82) is 0 Å². The number of nitrogens with one attached hydrogen (secondary N) is 1. The summed E-state index contributed by atoms with van der Waals surface area (Å²) in [5, 5.41) is 0. The van der Waals surface area contributed by atoms with Gasteiger partial charge in [-0.1, -0.05) is 0 Å². The van der Waals surface area contributed by atoms with Gasteiger partial charge in [-0.15, -0.1) is 0 Å². The van der Waals surface area contributed by atoms with Crippen molar-refractivity contribution < 1.29 is 19.1 Å². The minimum atomic E-state index is -0.626. The first kappa shape index (κ1) is 16.8. The van der Waals surface area contributed by atoms with Crippen LogP contribution in [0.25, 0.3) is 0 Å². The summed E-state index contributed by atoms with van der Waals surface area (Å²) < 4.78 is 11.0. The van der Waals surface area contributed by atoms with Crippen LogP contribution in [0.4, 0.5) is 4.79 Å². The summed E-state index contributed by atoms with van der Waals surface area (Å²) >= 11 is 0. The van der Waals surface area contributed by atoms with E-state index in [1.807, 2.05) is 20.8 Å². The summed E-state index contributed by atoms with van der Waals surface area (Å²) in [6.07, 6.45) is 1.16. The molecule has 1 amide bonds. The molecule has 116 valence electrons. The Hall–Kier alpha value is -1.23. The average molecular weight is 285 g/mol. The van der Waals surface area contributed by atoms with Gasteiger partial charge in [-0.2, -0.15) is 5.48 Å². The molecule has 5 nitrogen and oxygen atoms in total. The van der Waals surface area contributed by atoms with Crippen molar-refractivity contribution in [2.75, 3.05) is 0 Å². The lowest BCUT2D eigenvalue weighted by Gasteiger charge is -2.37. The largest absolute Gasteiger partial charge is 0.492 e. The molecule has 1 aliphatic heterocycles. The van der Waals surface area contributed by atoms with Crippen LogP contribution in [0, 0.1) is 0 Å². The van der Waals surface area contributed by atoms with E-state index in [1.54, 1.807) is 20.8 Å². The molecule has 0 aliphatic carbocycles. The fourth-order valence-corrected chi connectivity index (χ4v) is 1.92. The first-order valence-corrected chi connectivity index (χ1v) is 7.01. The molecule has 1 heterocycles. The highest BCUT2D eigenvalue weighted by atomic mass is 16.7. The maximum atomic E-state index is 11.6. The molecule has 1 rings (SSSR count). The molecule has 0 bridgehead atoms. The molecule has 0 saturated carbocycles. The first-order chi connectivity index (χ1) is 9.01. The van der Waals surface area contributed by atoms with Crippen LogP contribution in [0.3, 0.4) is 0 Å². The number of hydroxylamine groups is 1. The maximum absolute atomic E-state index is 11.6. The summed E-state index contributed by atoms with van der Waals surface area (Å²) in [5.74, 6) is 0.940. The van der Waals surface area contributed by atoms with Crippen LogP contribution in [0.1, 0.15) is 61.3 Å². The van der Waals surface area contributed by atoms with E-state index < -0.39 is 17.3 Å². The summed E-state index contributed by atoms with van der Waals surface area (Å²) in [6.45, 7) is 13.2. The molecule has 1 unspecified atom stereocenters. The third-order valence-electron chi connectivity index (χ3n) is 3.27. The molecular weight excluding hydrogens is 258 g/mol. The Kier molecular flexibility index (Phi) is 5.08. The number of amides is 1. The van der Waals surface area contributed by atoms with Gasteiger partial charge in [0.25, 0.3) is 0 Å². The topological polar surface area (TPSA) is 56.8 Å². The van der Waals surface area contributed by atoms with E-state index in [-0.39, 0.29) is 6.10 Å². The molecule has 0 aromatic heterocycles. The highest BCUT2D eigenvalue weighted by Crippen LogP contribution is 2.30. The second kappa shape index (κ2) is 6.04. The Morgan fingerprint density at radius 3 is 2.35 bits per heavy atom. The van der Waals surface area contributed by atoms with Crippen molar-refractivity contribution in [2.45, 2.75) is 78.6 Å². The number of carbonyl (C=O) groups is 1. The smallest absolute Gasteiger partial charge is 0.431 e. The van der Waals surface area contributed by atoms with Crippen LogP contribution >= 0.6 is 0 Å². The highest BCUT2D eigenvalue weighted by molar-refractivity contribution is 5.66. The van der Waals surface area contributed by atoms with Gasteiger partial charge >= 0.3 is 6.09 Å². The SMILES string of the molecule is CC1=C(C)OC(C(C)(C)ONC(=O)OC(C)(C)C)CC1. The standard InChI is InChI=1S/C15H27NO4/c1-10-8-9-12(18-11(10)2)15(6,7)20-16-13(17)19-14(3,4)5/h12H,8-9H2,1-7H3,(H,16,17). The molecule has 0 saturated heterocycles. The predicted molar refractivity (Wildman–Crippen MR) is 77.0 cm³/mol. The van der Waals surface area contributed by atoms with E-state index >= 15 is 0 Å². The summed E-state index contributed by atoms with van der Waals surface area (Å²) in [7, 11) is 0. The van der Waals surface area contributed by atoms with E-state index in [0.717, 1.165) is 18.6 Å². The summed E-state index contributed by atoms with van der Waals surface area (Å²) in [6, 6.07) is 0. The van der Waals surface area contributed by atoms with Crippen LogP contribution in [0.5, 0.6) is 0 Å². The van der Waals surface area contributed by atoms with Gasteiger partial charge in [-0.05, 0) is 66.9 Å². The van der Waals surface area contributed by atoms with Gasteiger partial charge in [0.05, 0.1) is 5.76 Å². The van der Waals surface area contributed by atoms with E-state index in [1.165, 1.54) is 5.57 Å². The van der Waals surface area contributed by atoms with Gasteiger partial charge in [-0.3, -0.25) is 4.84 Å². The lowest BCUT2D eigenvalue weighted by Crippen LogP contribution is -2.47. The van der Waals surface area contributed by atoms with Gasteiger partial charge < -0.3 is 9.47 Å². The Balaban J connectivity index is 2.52. The number of hydrogen-bond donors (Lipinski definition) is 1. The second-order valence-electron chi connectivity index (χ2n) is 6.79. The molecule has 5 heteroatoms. The lowest BCUT2D eigenvalue weighted by atomic mass is 9.93. The van der Waals surface area contributed by atoms with Crippen molar-refractivity contribution in [3.05, 3.63) is 11.3 Å². The second-order valence-corrected chi connectivity index (χ2v) is 6.79. The van der Waals surface area contributed by atoms with Crippen LogP contribution in [0.15, 0.2) is 11.3 Å². The number of hydrogen-bond acceptors (Lipinski definition) is 4. The van der Waals surface area contributed by atoms with E-state index in [2.05, 4.69) is 12.4 Å². The quantitative estimate of drug-likeness (QED) is 0.803. The molecule has 1 N–H and O–H groups in total. The van der Waals surface area contributed by atoms with Crippen LogP contribution in [0.2, 0.25) is 0 Å². The zero-order valence-electron chi connectivity index (χ0n) is 13.6. The van der Waals surface area contributed by atoms with Crippen molar-refractivity contribution in [3.63, 3.8) is 0 Å². The predicted octanol–water partition coefficient (Wildman–Crippen LogP) is 3.69. The third kappa shape index (κ3) is 5.04. The molecule has 0 spiro atoms. The molecule has 20 heavy (non-hydrogen) atoms. The third-order valence-corrected chi connectivity index (χ3v) is 3.27. The fourth-order valence-electron chi connectivity index (χ4n) is 1.92. The lowest BCUT2D eigenvalue weighted by molar-refractivity contribution is -0.152. The number of rotatable bonds is 3. The van der Waals surface area contributed by atoms with Crippen molar-refractivity contribution in [2.24, 2.45) is 0 Å². The minimum Gasteiger partial charge on any atom is -0.492 e. The Morgan fingerprint density at radius 1 is 1.25 bits per heavy atom. The Bertz CT molecular complexity index is 393. The van der Waals surface area contributed by atoms with Gasteiger partial charge in [0.1, 0.15) is 17.3 Å². The molecular formula is C15H27NO4. The van der Waals surface area contributed by atoms with Gasteiger partial charge in [0.2, 0.25) is 0 Å². The van der Waals surface area contributed by atoms with Crippen molar-refractivity contribution >= 4 is 6.09 Å². The van der Waals surface area contributed by atoms with E-state index in [4.69, 9.17) is 14.3 Å². The molecule has 0 fully saturated rings. The molecule has 0 aromatic rings. The molecule has 0 aromatic carbocycles. The molecule has 1 atom stereocenters. The summed E-state index contributed by atoms with van der Waals surface area (Å²) in [4.78, 5) is 17.1. The van der Waals surface area contributed by atoms with Crippen LogP contribution < -0.4 is 5.48 Å². The van der Waals surface area contributed by atoms with Crippen LogP contribution in [-0.2, 0) is 14.3 Å². The molecule has 1 aliphatic rings. The normalized spacial score (nSPS) is 20.4. The van der Waals surface area contributed by atoms with Crippen molar-refractivity contribution in [1.82, 2.24) is 5.48 Å². The summed E-state index contributed by atoms with van der Waals surface area (Å²) in [5.41, 5.74) is 2.43. The van der Waals surface area contributed by atoms with Crippen molar-refractivity contribution in [3.8, 4) is 0 Å². The maximum Gasteiger partial charge on any atom is 0.431 e. The monoisotopic (exact) mass is 285 g/mol. The van der Waals surface area contributed by atoms with E-state index in [0.29, 0.717) is 0 Å². The van der Waals surface area contributed by atoms with Gasteiger partial charge in [0.15, 0.2) is 0 Å². The van der Waals surface area contributed by atoms with E-state index in [9.17, 15) is 4.79 Å². The zero-order chi connectivity index (χ0) is 15.6. The zero-order valence-corrected chi connectivity index (χ0v) is 13.6.